The van der Waals surface area contributed by atoms with E-state index in [1.807, 2.05) is 27.7 Å². The van der Waals surface area contributed by atoms with Crippen molar-refractivity contribution in [2.75, 3.05) is 0 Å². The van der Waals surface area contributed by atoms with Gasteiger partial charge < -0.3 is 10.2 Å². The molecule has 0 aliphatic rings. The number of carbonyl (C=O) groups is 2. The summed E-state index contributed by atoms with van der Waals surface area (Å²) in [6, 6.07) is 2.97. The summed E-state index contributed by atoms with van der Waals surface area (Å²) < 4.78 is 0. The number of carboxylic acid groups (broad SMARTS) is 2. The molecule has 1 aromatic rings. The lowest BCUT2D eigenvalue weighted by molar-refractivity contribution is 0.0651. The van der Waals surface area contributed by atoms with E-state index in [1.165, 1.54) is 12.1 Å². The van der Waals surface area contributed by atoms with Gasteiger partial charge in [0, 0.05) is 0 Å². The Morgan fingerprint density at radius 2 is 1.50 bits per heavy atom. The Morgan fingerprint density at radius 3 is 1.83 bits per heavy atom. The molecule has 18 heavy (non-hydrogen) atoms. The van der Waals surface area contributed by atoms with Crippen LogP contribution in [0.25, 0.3) is 0 Å². The van der Waals surface area contributed by atoms with Crippen LogP contribution in [0, 0.1) is 0 Å². The highest BCUT2D eigenvalue weighted by atomic mass is 16.4. The normalized spacial score (nSPS) is 11.3. The molecule has 2 N–H and O–H groups in total. The molecule has 4 heteroatoms. The first kappa shape index (κ1) is 14.2. The van der Waals surface area contributed by atoms with Gasteiger partial charge in [0.05, 0.1) is 11.1 Å². The summed E-state index contributed by atoms with van der Waals surface area (Å²) in [5.41, 5.74) is 1.25. The van der Waals surface area contributed by atoms with Crippen LogP contribution in [0.5, 0.6) is 0 Å². The molecular formula is C14H18O4. The summed E-state index contributed by atoms with van der Waals surface area (Å²) >= 11 is 0. The molecule has 0 aromatic heterocycles. The van der Waals surface area contributed by atoms with E-state index in [1.54, 1.807) is 0 Å². The maximum absolute atomic E-state index is 11.1. The summed E-state index contributed by atoms with van der Waals surface area (Å²) in [7, 11) is 0. The van der Waals surface area contributed by atoms with E-state index < -0.39 is 11.9 Å². The SMILES string of the molecule is CCc1cc(C(=O)O)c(C(=O)O)cc1C(C)(C)C. The fourth-order valence-electron chi connectivity index (χ4n) is 1.99. The Hall–Kier alpha value is -1.84. The quantitative estimate of drug-likeness (QED) is 0.864. The van der Waals surface area contributed by atoms with Crippen molar-refractivity contribution in [3.05, 3.63) is 34.4 Å². The van der Waals surface area contributed by atoms with Gasteiger partial charge in [-0.1, -0.05) is 27.7 Å². The molecule has 0 aliphatic heterocycles. The van der Waals surface area contributed by atoms with Crippen LogP contribution in [0.1, 0.15) is 59.5 Å². The minimum Gasteiger partial charge on any atom is -0.478 e. The molecule has 0 bridgehead atoms. The largest absolute Gasteiger partial charge is 0.478 e. The average molecular weight is 250 g/mol. The second kappa shape index (κ2) is 4.80. The van der Waals surface area contributed by atoms with E-state index in [9.17, 15) is 9.59 Å². The highest BCUT2D eigenvalue weighted by Gasteiger charge is 2.24. The van der Waals surface area contributed by atoms with Gasteiger partial charge in [-0.25, -0.2) is 9.59 Å². The molecular weight excluding hydrogens is 232 g/mol. The van der Waals surface area contributed by atoms with Crippen LogP contribution in [0.3, 0.4) is 0 Å². The molecule has 0 fully saturated rings. The summed E-state index contributed by atoms with van der Waals surface area (Å²) in [5, 5.41) is 18.2. The number of hydrogen-bond acceptors (Lipinski definition) is 2. The van der Waals surface area contributed by atoms with E-state index in [-0.39, 0.29) is 16.5 Å². The summed E-state index contributed by atoms with van der Waals surface area (Å²) in [4.78, 5) is 22.2. The third kappa shape index (κ3) is 2.70. The van der Waals surface area contributed by atoms with Crippen LogP contribution in [0.15, 0.2) is 12.1 Å². The first-order valence-electron chi connectivity index (χ1n) is 5.82. The van der Waals surface area contributed by atoms with E-state index >= 15 is 0 Å². The van der Waals surface area contributed by atoms with E-state index in [2.05, 4.69) is 0 Å². The van der Waals surface area contributed by atoms with Crippen molar-refractivity contribution in [2.45, 2.75) is 39.5 Å². The summed E-state index contributed by atoms with van der Waals surface area (Å²) in [6.45, 7) is 7.87. The van der Waals surface area contributed by atoms with Gasteiger partial charge in [0.25, 0.3) is 0 Å². The van der Waals surface area contributed by atoms with Gasteiger partial charge in [-0.15, -0.1) is 0 Å². The zero-order valence-electron chi connectivity index (χ0n) is 11.1. The maximum atomic E-state index is 11.1. The second-order valence-electron chi connectivity index (χ2n) is 5.27. The zero-order valence-corrected chi connectivity index (χ0v) is 11.1. The molecule has 0 saturated heterocycles. The van der Waals surface area contributed by atoms with Gasteiger partial charge in [-0.05, 0) is 35.1 Å². The Balaban J connectivity index is 3.62. The number of benzene rings is 1. The van der Waals surface area contributed by atoms with Crippen molar-refractivity contribution in [3.8, 4) is 0 Å². The minimum absolute atomic E-state index is 0.146. The van der Waals surface area contributed by atoms with Crippen molar-refractivity contribution >= 4 is 11.9 Å². The van der Waals surface area contributed by atoms with E-state index in [4.69, 9.17) is 10.2 Å². The molecule has 0 atom stereocenters. The molecule has 0 amide bonds. The lowest BCUT2D eigenvalue weighted by Gasteiger charge is -2.24. The Morgan fingerprint density at radius 1 is 1.06 bits per heavy atom. The van der Waals surface area contributed by atoms with Crippen molar-refractivity contribution in [1.82, 2.24) is 0 Å². The maximum Gasteiger partial charge on any atom is 0.336 e. The highest BCUT2D eigenvalue weighted by Crippen LogP contribution is 2.29. The van der Waals surface area contributed by atoms with Crippen molar-refractivity contribution in [2.24, 2.45) is 0 Å². The number of aryl methyl sites for hydroxylation is 1. The molecule has 1 aromatic carbocycles. The molecule has 1 rings (SSSR count). The predicted molar refractivity (Wildman–Crippen MR) is 68.4 cm³/mol. The Kier molecular flexibility index (Phi) is 3.79. The molecule has 0 unspecified atom stereocenters. The molecule has 0 radical (unpaired) electrons. The van der Waals surface area contributed by atoms with Crippen LogP contribution in [-0.4, -0.2) is 22.2 Å². The molecule has 98 valence electrons. The predicted octanol–water partition coefficient (Wildman–Crippen LogP) is 2.94. The monoisotopic (exact) mass is 250 g/mol. The fraction of sp³-hybridized carbons (Fsp3) is 0.429. The number of aromatic carboxylic acids is 2. The molecule has 0 saturated carbocycles. The van der Waals surface area contributed by atoms with E-state index in [0.29, 0.717) is 6.42 Å². The topological polar surface area (TPSA) is 74.6 Å². The molecule has 0 spiro atoms. The Bertz CT molecular complexity index is 495. The lowest BCUT2D eigenvalue weighted by Crippen LogP contribution is -2.18. The van der Waals surface area contributed by atoms with Gasteiger partial charge >= 0.3 is 11.9 Å². The first-order valence-corrected chi connectivity index (χ1v) is 5.82. The van der Waals surface area contributed by atoms with Crippen LogP contribution in [0.2, 0.25) is 0 Å². The van der Waals surface area contributed by atoms with Crippen molar-refractivity contribution in [3.63, 3.8) is 0 Å². The van der Waals surface area contributed by atoms with Gasteiger partial charge in [-0.3, -0.25) is 0 Å². The van der Waals surface area contributed by atoms with Crippen molar-refractivity contribution < 1.29 is 19.8 Å². The van der Waals surface area contributed by atoms with Gasteiger partial charge in [0.2, 0.25) is 0 Å². The average Bonchev–Trinajstić information content (AvgIpc) is 2.25. The number of hydrogen-bond donors (Lipinski definition) is 2. The van der Waals surface area contributed by atoms with Gasteiger partial charge in [-0.2, -0.15) is 0 Å². The summed E-state index contributed by atoms with van der Waals surface area (Å²) in [6.07, 6.45) is 0.673. The van der Waals surface area contributed by atoms with Crippen LogP contribution in [-0.2, 0) is 11.8 Å². The standard InChI is InChI=1S/C14H18O4/c1-5-8-6-9(12(15)16)10(13(17)18)7-11(8)14(2,3)4/h6-7H,5H2,1-4H3,(H,15,16)(H,17,18). The summed E-state index contributed by atoms with van der Waals surface area (Å²) in [5.74, 6) is -2.41. The van der Waals surface area contributed by atoms with Gasteiger partial charge in [0.15, 0.2) is 0 Å². The third-order valence-electron chi connectivity index (χ3n) is 2.89. The molecule has 4 nitrogen and oxygen atoms in total. The highest BCUT2D eigenvalue weighted by molar-refractivity contribution is 6.02. The van der Waals surface area contributed by atoms with E-state index in [0.717, 1.165) is 11.1 Å². The first-order chi connectivity index (χ1) is 8.18. The lowest BCUT2D eigenvalue weighted by atomic mass is 9.81. The van der Waals surface area contributed by atoms with Crippen molar-refractivity contribution in [1.29, 1.82) is 0 Å². The second-order valence-corrected chi connectivity index (χ2v) is 5.27. The van der Waals surface area contributed by atoms with Crippen LogP contribution >= 0.6 is 0 Å². The van der Waals surface area contributed by atoms with Gasteiger partial charge in [0.1, 0.15) is 0 Å². The fourth-order valence-corrected chi connectivity index (χ4v) is 1.99. The molecule has 0 aliphatic carbocycles. The smallest absolute Gasteiger partial charge is 0.336 e. The third-order valence-corrected chi connectivity index (χ3v) is 2.89. The molecule has 0 heterocycles. The zero-order chi connectivity index (χ0) is 14.1. The Labute approximate surface area is 106 Å². The van der Waals surface area contributed by atoms with Crippen LogP contribution < -0.4 is 0 Å². The number of carboxylic acids is 2. The van der Waals surface area contributed by atoms with Crippen LogP contribution in [0.4, 0.5) is 0 Å². The minimum atomic E-state index is -1.21. The number of rotatable bonds is 3.